The van der Waals surface area contributed by atoms with Crippen molar-refractivity contribution < 1.29 is 18.5 Å². The lowest BCUT2D eigenvalue weighted by atomic mass is 10.1. The van der Waals surface area contributed by atoms with Gasteiger partial charge in [-0.1, -0.05) is 60.7 Å². The van der Waals surface area contributed by atoms with Crippen molar-refractivity contribution in [1.82, 2.24) is 9.97 Å². The zero-order valence-electron chi connectivity index (χ0n) is 18.0. The first-order valence-electron chi connectivity index (χ1n) is 10.7. The molecular formula is C26H22FN4O2+. The quantitative estimate of drug-likeness (QED) is 0.364. The van der Waals surface area contributed by atoms with Crippen LogP contribution in [0.1, 0.15) is 21.6 Å². The summed E-state index contributed by atoms with van der Waals surface area (Å²) in [5, 5.41) is 3.28. The van der Waals surface area contributed by atoms with Gasteiger partial charge < -0.3 is 4.74 Å². The number of halogens is 1. The van der Waals surface area contributed by atoms with Crippen LogP contribution < -0.4 is 14.6 Å². The third-order valence-electron chi connectivity index (χ3n) is 5.69. The van der Waals surface area contributed by atoms with Gasteiger partial charge in [0, 0.05) is 30.0 Å². The third kappa shape index (κ3) is 4.17. The Bertz CT molecular complexity index is 1310. The number of hydrogen-bond acceptors (Lipinski definition) is 5. The lowest BCUT2D eigenvalue weighted by molar-refractivity contribution is -0.552. The highest BCUT2D eigenvalue weighted by Crippen LogP contribution is 2.25. The summed E-state index contributed by atoms with van der Waals surface area (Å²) in [5.41, 5.74) is 3.81. The van der Waals surface area contributed by atoms with E-state index in [2.05, 4.69) is 10.3 Å². The lowest BCUT2D eigenvalue weighted by Gasteiger charge is -2.07. The van der Waals surface area contributed by atoms with Crippen LogP contribution in [0.25, 0.3) is 11.3 Å². The van der Waals surface area contributed by atoms with Crippen LogP contribution in [0.15, 0.2) is 79.0 Å². The van der Waals surface area contributed by atoms with E-state index >= 15 is 0 Å². The molecule has 0 aliphatic carbocycles. The summed E-state index contributed by atoms with van der Waals surface area (Å²) < 4.78 is 21.0. The first-order chi connectivity index (χ1) is 16.1. The Hall–Kier alpha value is -4.13. The molecule has 0 amide bonds. The Kier molecular flexibility index (Phi) is 5.52. The minimum Gasteiger partial charge on any atom is -0.481 e. The topological polar surface area (TPSA) is 68.0 Å². The van der Waals surface area contributed by atoms with Crippen molar-refractivity contribution in [2.24, 2.45) is 0 Å². The first-order valence-corrected chi connectivity index (χ1v) is 10.7. The van der Waals surface area contributed by atoms with Gasteiger partial charge in [0.15, 0.2) is 6.04 Å². The molecule has 0 saturated heterocycles. The Balaban J connectivity index is 1.52. The Morgan fingerprint density at radius 3 is 2.42 bits per heavy atom. The van der Waals surface area contributed by atoms with Gasteiger partial charge in [0.25, 0.3) is 0 Å². The normalized spacial score (nSPS) is 14.6. The summed E-state index contributed by atoms with van der Waals surface area (Å²) >= 11 is 0. The number of methoxy groups -OCH3 is 1. The van der Waals surface area contributed by atoms with Gasteiger partial charge in [0.1, 0.15) is 17.6 Å². The van der Waals surface area contributed by atoms with Crippen LogP contribution in [0.2, 0.25) is 0 Å². The molecule has 5 rings (SSSR count). The summed E-state index contributed by atoms with van der Waals surface area (Å²) in [5.74, 6) is 0.0310. The second-order valence-electron chi connectivity index (χ2n) is 7.86. The molecule has 0 bridgehead atoms. The molecule has 0 spiro atoms. The number of hydrogen-bond donors (Lipinski definition) is 1. The lowest BCUT2D eigenvalue weighted by Crippen LogP contribution is -2.44. The maximum absolute atomic E-state index is 14.4. The molecule has 3 heterocycles. The van der Waals surface area contributed by atoms with Crippen molar-refractivity contribution in [2.45, 2.75) is 18.9 Å². The van der Waals surface area contributed by atoms with Crippen molar-refractivity contribution >= 4 is 11.7 Å². The fraction of sp³-hybridized carbons (Fsp3) is 0.154. The second kappa shape index (κ2) is 8.78. The van der Waals surface area contributed by atoms with Crippen LogP contribution in [0.4, 0.5) is 10.2 Å². The van der Waals surface area contributed by atoms with Gasteiger partial charge in [-0.3, -0.25) is 5.32 Å². The van der Waals surface area contributed by atoms with E-state index in [1.165, 1.54) is 7.11 Å². The first kappa shape index (κ1) is 20.8. The average molecular weight is 441 g/mol. The molecule has 1 aliphatic heterocycles. The van der Waals surface area contributed by atoms with Gasteiger partial charge in [-0.2, -0.15) is 13.9 Å². The minimum absolute atomic E-state index is 0.158. The van der Waals surface area contributed by atoms with Crippen LogP contribution in [0.3, 0.4) is 0 Å². The van der Waals surface area contributed by atoms with Gasteiger partial charge in [-0.15, -0.1) is 0 Å². The Morgan fingerprint density at radius 2 is 1.73 bits per heavy atom. The molecule has 164 valence electrons. The molecule has 7 heteroatoms. The number of benzene rings is 2. The van der Waals surface area contributed by atoms with Crippen molar-refractivity contribution in [2.75, 3.05) is 12.4 Å². The molecule has 1 N–H and O–H groups in total. The van der Waals surface area contributed by atoms with Crippen molar-refractivity contribution in [3.63, 3.8) is 0 Å². The number of carbonyl (C=O) groups is 1. The molecule has 1 aliphatic rings. The molecule has 2 aromatic carbocycles. The molecule has 0 fully saturated rings. The van der Waals surface area contributed by atoms with Crippen molar-refractivity contribution in [3.8, 4) is 17.1 Å². The smallest absolute Gasteiger partial charge is 0.359 e. The standard InChI is InChI=1S/C26H21FN4O2/c1-33-23-13-12-19(24(27)30-23)15-21-26(32)31-16-22(18-10-6-3-7-11-18)28-20(25(31)29-21)14-17-8-4-2-5-9-17/h2-13,16,21H,14-15H2,1H3/p+1. The highest BCUT2D eigenvalue weighted by atomic mass is 19.1. The molecule has 2 aromatic heterocycles. The molecule has 6 nitrogen and oxygen atoms in total. The number of pyridine rings is 1. The monoisotopic (exact) mass is 441 g/mol. The van der Waals surface area contributed by atoms with Crippen molar-refractivity contribution in [3.05, 3.63) is 102 Å². The van der Waals surface area contributed by atoms with Gasteiger partial charge in [0.05, 0.1) is 7.11 Å². The van der Waals surface area contributed by atoms with E-state index in [-0.39, 0.29) is 18.2 Å². The van der Waals surface area contributed by atoms with E-state index in [1.807, 2.05) is 60.7 Å². The second-order valence-corrected chi connectivity index (χ2v) is 7.86. The molecule has 0 saturated carbocycles. The van der Waals surface area contributed by atoms with Crippen LogP contribution in [-0.2, 0) is 12.8 Å². The molecule has 1 atom stereocenters. The third-order valence-corrected chi connectivity index (χ3v) is 5.69. The number of nitrogens with one attached hydrogen (secondary N) is 1. The Morgan fingerprint density at radius 1 is 1.00 bits per heavy atom. The summed E-state index contributed by atoms with van der Waals surface area (Å²) in [7, 11) is 1.43. The minimum atomic E-state index is -0.641. The molecular weight excluding hydrogens is 419 g/mol. The Labute approximate surface area is 190 Å². The molecule has 4 aromatic rings. The van der Waals surface area contributed by atoms with Gasteiger partial charge in [0.2, 0.25) is 11.8 Å². The average Bonchev–Trinajstić information content (AvgIpc) is 3.17. The number of carbonyl (C=O) groups excluding carboxylic acids is 1. The van der Waals surface area contributed by atoms with E-state index < -0.39 is 12.0 Å². The van der Waals surface area contributed by atoms with Crippen LogP contribution in [0, 0.1) is 5.95 Å². The van der Waals surface area contributed by atoms with Gasteiger partial charge in [-0.25, -0.2) is 9.78 Å². The summed E-state index contributed by atoms with van der Waals surface area (Å²) in [6, 6.07) is 22.3. The van der Waals surface area contributed by atoms with E-state index in [4.69, 9.17) is 9.72 Å². The van der Waals surface area contributed by atoms with Crippen molar-refractivity contribution in [1.29, 1.82) is 0 Å². The van der Waals surface area contributed by atoms with Crippen LogP contribution in [0.5, 0.6) is 5.88 Å². The van der Waals surface area contributed by atoms with Crippen LogP contribution >= 0.6 is 0 Å². The zero-order valence-corrected chi connectivity index (χ0v) is 18.0. The van der Waals surface area contributed by atoms with Gasteiger partial charge >= 0.3 is 11.7 Å². The number of fused-ring (bicyclic) bond motifs is 1. The number of anilines is 1. The summed E-state index contributed by atoms with van der Waals surface area (Å²) in [6.07, 6.45) is 2.47. The predicted molar refractivity (Wildman–Crippen MR) is 122 cm³/mol. The maximum atomic E-state index is 14.4. The van der Waals surface area contributed by atoms with E-state index in [0.29, 0.717) is 23.5 Å². The molecule has 0 radical (unpaired) electrons. The molecule has 1 unspecified atom stereocenters. The zero-order chi connectivity index (χ0) is 22.8. The number of nitrogens with zero attached hydrogens (tertiary/aromatic N) is 3. The predicted octanol–water partition coefficient (Wildman–Crippen LogP) is 3.85. The van der Waals surface area contributed by atoms with E-state index in [1.54, 1.807) is 22.9 Å². The SMILES string of the molecule is COc1ccc(CC2Nc3c(Cc4ccccc4)nc(-c4ccccc4)c[n+]3C2=O)c(F)n1. The fourth-order valence-corrected chi connectivity index (χ4v) is 4.01. The fourth-order valence-electron chi connectivity index (χ4n) is 4.01. The van der Waals surface area contributed by atoms with Gasteiger partial charge in [-0.05, 0) is 11.6 Å². The maximum Gasteiger partial charge on any atom is 0.359 e. The summed E-state index contributed by atoms with van der Waals surface area (Å²) in [6.45, 7) is 0. The van der Waals surface area contributed by atoms with Crippen LogP contribution in [-0.4, -0.2) is 29.0 Å². The summed E-state index contributed by atoms with van der Waals surface area (Å²) in [4.78, 5) is 22.0. The number of ether oxygens (including phenoxy) is 1. The highest BCUT2D eigenvalue weighted by molar-refractivity contribution is 5.82. The number of aromatic nitrogens is 3. The van der Waals surface area contributed by atoms with E-state index in [9.17, 15) is 9.18 Å². The van der Waals surface area contributed by atoms with E-state index in [0.717, 1.165) is 16.8 Å². The highest BCUT2D eigenvalue weighted by Gasteiger charge is 2.41. The number of rotatable bonds is 6. The largest absolute Gasteiger partial charge is 0.481 e. The molecule has 33 heavy (non-hydrogen) atoms.